The Morgan fingerprint density at radius 3 is 2.96 bits per heavy atom. The van der Waals surface area contributed by atoms with Crippen LogP contribution in [0.4, 0.5) is 0 Å². The third-order valence-corrected chi connectivity index (χ3v) is 4.20. The third kappa shape index (κ3) is 3.21. The first-order chi connectivity index (χ1) is 11.2. The number of hydrogen-bond acceptors (Lipinski definition) is 4. The third-order valence-electron chi connectivity index (χ3n) is 4.20. The fraction of sp³-hybridized carbons (Fsp3) is 0.333. The summed E-state index contributed by atoms with van der Waals surface area (Å²) >= 11 is 0. The fourth-order valence-electron chi connectivity index (χ4n) is 2.93. The van der Waals surface area contributed by atoms with Gasteiger partial charge in [0.2, 0.25) is 5.91 Å². The molecule has 1 amide bonds. The highest BCUT2D eigenvalue weighted by atomic mass is 16.2. The van der Waals surface area contributed by atoms with Crippen molar-refractivity contribution in [3.8, 4) is 6.07 Å². The van der Waals surface area contributed by atoms with Crippen LogP contribution in [0.5, 0.6) is 0 Å². The predicted octanol–water partition coefficient (Wildman–Crippen LogP) is 2.71. The van der Waals surface area contributed by atoms with E-state index in [1.807, 2.05) is 30.3 Å². The largest absolute Gasteiger partial charge is 0.327 e. The van der Waals surface area contributed by atoms with Gasteiger partial charge in [-0.25, -0.2) is 0 Å². The van der Waals surface area contributed by atoms with Crippen molar-refractivity contribution in [3.05, 3.63) is 42.1 Å². The zero-order chi connectivity index (χ0) is 16.2. The number of para-hydroxylation sites is 1. The van der Waals surface area contributed by atoms with E-state index in [0.717, 1.165) is 23.7 Å². The number of aromatic nitrogens is 1. The number of hydrogen-bond donors (Lipinski definition) is 0. The standard InChI is InChI=1S/C18H17N3O2/c19-11-15-5-3-9-21(15)18(23)8-7-17(22)14-10-13-4-1-2-6-16(13)20-12-14/h1-2,4,6,10,12,15H,3,5,7-9H2/t15-/m0/s1. The van der Waals surface area contributed by atoms with Crippen LogP contribution in [0.15, 0.2) is 36.5 Å². The van der Waals surface area contributed by atoms with Crippen LogP contribution in [0.2, 0.25) is 0 Å². The normalized spacial score (nSPS) is 17.2. The lowest BCUT2D eigenvalue weighted by molar-refractivity contribution is -0.131. The maximum absolute atomic E-state index is 12.3. The monoisotopic (exact) mass is 307 g/mol. The van der Waals surface area contributed by atoms with E-state index >= 15 is 0 Å². The Labute approximate surface area is 134 Å². The lowest BCUT2D eigenvalue weighted by atomic mass is 10.1. The average molecular weight is 307 g/mol. The lowest BCUT2D eigenvalue weighted by Crippen LogP contribution is -2.34. The molecule has 1 fully saturated rings. The molecule has 0 bridgehead atoms. The molecular weight excluding hydrogens is 290 g/mol. The van der Waals surface area contributed by atoms with Gasteiger partial charge in [0.15, 0.2) is 5.78 Å². The van der Waals surface area contributed by atoms with Gasteiger partial charge in [-0.1, -0.05) is 18.2 Å². The summed E-state index contributed by atoms with van der Waals surface area (Å²) in [7, 11) is 0. The van der Waals surface area contributed by atoms with Gasteiger partial charge in [0.1, 0.15) is 6.04 Å². The van der Waals surface area contributed by atoms with Crippen molar-refractivity contribution in [3.63, 3.8) is 0 Å². The quantitative estimate of drug-likeness (QED) is 0.814. The molecule has 0 aliphatic carbocycles. The first kappa shape index (κ1) is 15.2. The van der Waals surface area contributed by atoms with Crippen molar-refractivity contribution in [2.75, 3.05) is 6.54 Å². The van der Waals surface area contributed by atoms with Gasteiger partial charge >= 0.3 is 0 Å². The summed E-state index contributed by atoms with van der Waals surface area (Å²) in [6, 6.07) is 11.2. The Kier molecular flexibility index (Phi) is 4.33. The van der Waals surface area contributed by atoms with Crippen molar-refractivity contribution in [1.82, 2.24) is 9.88 Å². The van der Waals surface area contributed by atoms with Gasteiger partial charge < -0.3 is 4.90 Å². The van der Waals surface area contributed by atoms with E-state index in [4.69, 9.17) is 5.26 Å². The molecule has 0 N–H and O–H groups in total. The molecule has 1 atom stereocenters. The van der Waals surface area contributed by atoms with Crippen molar-refractivity contribution < 1.29 is 9.59 Å². The zero-order valence-electron chi connectivity index (χ0n) is 12.7. The number of likely N-dealkylation sites (tertiary alicyclic amines) is 1. The molecule has 2 aromatic rings. The molecule has 5 heteroatoms. The first-order valence-corrected chi connectivity index (χ1v) is 7.76. The van der Waals surface area contributed by atoms with E-state index < -0.39 is 0 Å². The molecule has 23 heavy (non-hydrogen) atoms. The zero-order valence-corrected chi connectivity index (χ0v) is 12.7. The highest BCUT2D eigenvalue weighted by Crippen LogP contribution is 2.19. The van der Waals surface area contributed by atoms with E-state index in [0.29, 0.717) is 12.1 Å². The van der Waals surface area contributed by atoms with Crippen LogP contribution >= 0.6 is 0 Å². The number of Topliss-reactive ketones (excluding diaryl/α,β-unsaturated/α-hetero) is 1. The van der Waals surface area contributed by atoms with E-state index in [2.05, 4.69) is 11.1 Å². The van der Waals surface area contributed by atoms with Gasteiger partial charge in [0.25, 0.3) is 0 Å². The van der Waals surface area contributed by atoms with Crippen LogP contribution in [-0.2, 0) is 4.79 Å². The first-order valence-electron chi connectivity index (χ1n) is 7.76. The van der Waals surface area contributed by atoms with Crippen LogP contribution < -0.4 is 0 Å². The van der Waals surface area contributed by atoms with E-state index in [1.165, 1.54) is 0 Å². The minimum absolute atomic E-state index is 0.0932. The summed E-state index contributed by atoms with van der Waals surface area (Å²) in [5.74, 6) is -0.208. The van der Waals surface area contributed by atoms with Crippen LogP contribution in [0.1, 0.15) is 36.0 Å². The molecule has 0 unspecified atom stereocenters. The molecule has 3 rings (SSSR count). The van der Waals surface area contributed by atoms with Gasteiger partial charge in [0, 0.05) is 36.5 Å². The van der Waals surface area contributed by atoms with Crippen molar-refractivity contribution >= 4 is 22.6 Å². The van der Waals surface area contributed by atoms with Gasteiger partial charge in [-0.05, 0) is 25.0 Å². The molecule has 0 saturated carbocycles. The van der Waals surface area contributed by atoms with Gasteiger partial charge in [-0.3, -0.25) is 14.6 Å². The van der Waals surface area contributed by atoms with Crippen molar-refractivity contribution in [2.45, 2.75) is 31.7 Å². The number of carbonyl (C=O) groups excluding carboxylic acids is 2. The lowest BCUT2D eigenvalue weighted by Gasteiger charge is -2.19. The van der Waals surface area contributed by atoms with Crippen LogP contribution in [-0.4, -0.2) is 34.2 Å². The summed E-state index contributed by atoms with van der Waals surface area (Å²) < 4.78 is 0. The summed E-state index contributed by atoms with van der Waals surface area (Å²) in [5, 5.41) is 9.93. The van der Waals surface area contributed by atoms with Crippen molar-refractivity contribution in [2.24, 2.45) is 0 Å². The van der Waals surface area contributed by atoms with E-state index in [9.17, 15) is 9.59 Å². The second-order valence-corrected chi connectivity index (χ2v) is 5.71. The number of benzene rings is 1. The summed E-state index contributed by atoms with van der Waals surface area (Å²) in [6.07, 6.45) is 3.43. The molecule has 116 valence electrons. The number of carbonyl (C=O) groups is 2. The smallest absolute Gasteiger partial charge is 0.224 e. The van der Waals surface area contributed by atoms with Crippen LogP contribution in [0, 0.1) is 11.3 Å². The molecule has 1 aliphatic rings. The molecule has 1 aromatic heterocycles. The number of amides is 1. The summed E-state index contributed by atoms with van der Waals surface area (Å²) in [5.41, 5.74) is 1.36. The fourth-order valence-corrected chi connectivity index (χ4v) is 2.93. The topological polar surface area (TPSA) is 74.1 Å². The highest BCUT2D eigenvalue weighted by Gasteiger charge is 2.28. The van der Waals surface area contributed by atoms with Crippen LogP contribution in [0.3, 0.4) is 0 Å². The molecule has 5 nitrogen and oxygen atoms in total. The Morgan fingerprint density at radius 1 is 1.30 bits per heavy atom. The molecule has 0 spiro atoms. The van der Waals surface area contributed by atoms with Crippen molar-refractivity contribution in [1.29, 1.82) is 5.26 Å². The molecule has 1 aromatic carbocycles. The Balaban J connectivity index is 1.64. The molecule has 0 radical (unpaired) electrons. The predicted molar refractivity (Wildman–Crippen MR) is 85.7 cm³/mol. The molecule has 2 heterocycles. The Bertz CT molecular complexity index is 794. The van der Waals surface area contributed by atoms with Crippen LogP contribution in [0.25, 0.3) is 10.9 Å². The maximum Gasteiger partial charge on any atom is 0.224 e. The second-order valence-electron chi connectivity index (χ2n) is 5.71. The maximum atomic E-state index is 12.3. The SMILES string of the molecule is N#C[C@@H]1CCCN1C(=O)CCC(=O)c1cnc2ccccc2c1. The van der Waals surface area contributed by atoms with Gasteiger partial charge in [-0.15, -0.1) is 0 Å². The number of nitriles is 1. The minimum Gasteiger partial charge on any atom is -0.327 e. The summed E-state index contributed by atoms with van der Waals surface area (Å²) in [4.78, 5) is 30.3. The number of ketones is 1. The Hall–Kier alpha value is -2.74. The van der Waals surface area contributed by atoms with Gasteiger partial charge in [-0.2, -0.15) is 5.26 Å². The van der Waals surface area contributed by atoms with E-state index in [-0.39, 0.29) is 30.6 Å². The number of fused-ring (bicyclic) bond motifs is 1. The number of rotatable bonds is 4. The number of nitrogens with zero attached hydrogens (tertiary/aromatic N) is 3. The molecule has 1 aliphatic heterocycles. The number of pyridine rings is 1. The average Bonchev–Trinajstić information content (AvgIpc) is 3.07. The van der Waals surface area contributed by atoms with E-state index in [1.54, 1.807) is 11.1 Å². The molecule has 1 saturated heterocycles. The summed E-state index contributed by atoms with van der Waals surface area (Å²) in [6.45, 7) is 0.614. The van der Waals surface area contributed by atoms with Gasteiger partial charge in [0.05, 0.1) is 11.6 Å². The Morgan fingerprint density at radius 2 is 2.13 bits per heavy atom. The highest BCUT2D eigenvalue weighted by molar-refractivity contribution is 6.00. The minimum atomic E-state index is -0.333. The second kappa shape index (κ2) is 6.57. The molecular formula is C18H17N3O2.